The Morgan fingerprint density at radius 2 is 1.82 bits per heavy atom. The van der Waals surface area contributed by atoms with Gasteiger partial charge in [-0.15, -0.1) is 0 Å². The van der Waals surface area contributed by atoms with Gasteiger partial charge < -0.3 is 15.2 Å². The van der Waals surface area contributed by atoms with Crippen LogP contribution in [0.15, 0.2) is 36.4 Å². The number of hydrogen-bond donors (Lipinski definition) is 1. The number of sulfonamides is 1. The topological polar surface area (TPSA) is 117 Å². The molecule has 0 atom stereocenters. The van der Waals surface area contributed by atoms with E-state index in [1.807, 2.05) is 0 Å². The fourth-order valence-corrected chi connectivity index (χ4v) is 4.38. The molecule has 0 spiro atoms. The van der Waals surface area contributed by atoms with Crippen molar-refractivity contribution in [2.24, 2.45) is 0 Å². The summed E-state index contributed by atoms with van der Waals surface area (Å²) in [5, 5.41) is 5.04. The van der Waals surface area contributed by atoms with Crippen LogP contribution in [-0.2, 0) is 32.6 Å². The molecule has 0 saturated carbocycles. The lowest BCUT2D eigenvalue weighted by Crippen LogP contribution is -2.30. The van der Waals surface area contributed by atoms with Gasteiger partial charge in [-0.05, 0) is 50.6 Å². The SMILES string of the molecule is COc1ccc(CN(c2nn(CC(=O)OC(C)(C)C)c3c(N)ccc(Cl)c23)S(C)(=O)=O)cc1. The molecule has 0 saturated heterocycles. The van der Waals surface area contributed by atoms with E-state index in [1.54, 1.807) is 64.3 Å². The molecule has 3 rings (SSSR count). The van der Waals surface area contributed by atoms with Gasteiger partial charge in [-0.1, -0.05) is 23.7 Å². The number of nitrogen functional groups attached to an aromatic ring is 1. The van der Waals surface area contributed by atoms with Gasteiger partial charge in [-0.2, -0.15) is 5.10 Å². The smallest absolute Gasteiger partial charge is 0.328 e. The first-order valence-electron chi connectivity index (χ1n) is 10.1. The average Bonchev–Trinajstić information content (AvgIpc) is 3.06. The first-order chi connectivity index (χ1) is 15.3. The molecule has 9 nitrogen and oxygen atoms in total. The van der Waals surface area contributed by atoms with Gasteiger partial charge in [0.25, 0.3) is 0 Å². The van der Waals surface area contributed by atoms with Gasteiger partial charge in [0, 0.05) is 0 Å². The number of fused-ring (bicyclic) bond motifs is 1. The molecule has 0 aliphatic heterocycles. The number of rotatable bonds is 7. The minimum Gasteiger partial charge on any atom is -0.497 e. The van der Waals surface area contributed by atoms with Gasteiger partial charge >= 0.3 is 5.97 Å². The Morgan fingerprint density at radius 3 is 2.36 bits per heavy atom. The van der Waals surface area contributed by atoms with E-state index in [-0.39, 0.29) is 23.9 Å². The van der Waals surface area contributed by atoms with Crippen molar-refractivity contribution in [2.75, 3.05) is 23.4 Å². The Hall–Kier alpha value is -2.98. The summed E-state index contributed by atoms with van der Waals surface area (Å²) in [6.45, 7) is 4.99. The van der Waals surface area contributed by atoms with Crippen LogP contribution < -0.4 is 14.8 Å². The van der Waals surface area contributed by atoms with Crippen molar-refractivity contribution in [3.63, 3.8) is 0 Å². The largest absolute Gasteiger partial charge is 0.497 e. The Kier molecular flexibility index (Phi) is 6.80. The van der Waals surface area contributed by atoms with E-state index in [0.717, 1.165) is 10.6 Å². The maximum atomic E-state index is 12.8. The Bertz CT molecular complexity index is 1280. The summed E-state index contributed by atoms with van der Waals surface area (Å²) in [6, 6.07) is 10.1. The van der Waals surface area contributed by atoms with Gasteiger partial charge in [0.1, 0.15) is 17.9 Å². The predicted octanol–water partition coefficient (Wildman–Crippen LogP) is 3.59. The quantitative estimate of drug-likeness (QED) is 0.394. The summed E-state index contributed by atoms with van der Waals surface area (Å²) in [7, 11) is -2.24. The molecule has 178 valence electrons. The van der Waals surface area contributed by atoms with Crippen molar-refractivity contribution in [1.82, 2.24) is 9.78 Å². The molecule has 3 aromatic rings. The zero-order valence-electron chi connectivity index (χ0n) is 19.1. The molecule has 0 radical (unpaired) electrons. The second-order valence-corrected chi connectivity index (χ2v) is 10.9. The highest BCUT2D eigenvalue weighted by Crippen LogP contribution is 2.37. The Morgan fingerprint density at radius 1 is 1.18 bits per heavy atom. The van der Waals surface area contributed by atoms with Crippen LogP contribution in [-0.4, -0.2) is 43.1 Å². The van der Waals surface area contributed by atoms with E-state index >= 15 is 0 Å². The summed E-state index contributed by atoms with van der Waals surface area (Å²) in [5.41, 5.74) is 6.85. The molecule has 0 aliphatic rings. The maximum absolute atomic E-state index is 12.8. The predicted molar refractivity (Wildman–Crippen MR) is 129 cm³/mol. The molecule has 33 heavy (non-hydrogen) atoms. The third-order valence-electron chi connectivity index (χ3n) is 4.68. The van der Waals surface area contributed by atoms with E-state index in [9.17, 15) is 13.2 Å². The van der Waals surface area contributed by atoms with Crippen LogP contribution >= 0.6 is 11.6 Å². The zero-order valence-corrected chi connectivity index (χ0v) is 20.7. The standard InChI is InChI=1S/C22H27ClN4O5S/c1-22(2,3)32-18(28)13-26-20-17(24)11-10-16(23)19(20)21(25-26)27(33(5,29)30)12-14-6-8-15(31-4)9-7-14/h6-11H,12-13,24H2,1-5H3. The third-order valence-corrected chi connectivity index (χ3v) is 6.09. The molecule has 1 aromatic heterocycles. The number of anilines is 2. The molecule has 0 fully saturated rings. The third kappa shape index (κ3) is 5.69. The lowest BCUT2D eigenvalue weighted by atomic mass is 10.2. The number of nitrogens with zero attached hydrogens (tertiary/aromatic N) is 3. The van der Waals surface area contributed by atoms with Gasteiger partial charge in [-0.3, -0.25) is 4.79 Å². The summed E-state index contributed by atoms with van der Waals surface area (Å²) in [5.74, 6) is 0.177. The number of ether oxygens (including phenoxy) is 2. The Labute approximate surface area is 198 Å². The minimum absolute atomic E-state index is 0.00743. The van der Waals surface area contributed by atoms with Crippen molar-refractivity contribution in [3.8, 4) is 5.75 Å². The van der Waals surface area contributed by atoms with Crippen molar-refractivity contribution in [1.29, 1.82) is 0 Å². The summed E-state index contributed by atoms with van der Waals surface area (Å²) >= 11 is 6.46. The van der Waals surface area contributed by atoms with Crippen molar-refractivity contribution >= 4 is 50.0 Å². The van der Waals surface area contributed by atoms with Gasteiger partial charge in [0.2, 0.25) is 10.0 Å². The second-order valence-electron chi connectivity index (χ2n) is 8.55. The number of carbonyl (C=O) groups excluding carboxylic acids is 1. The van der Waals surface area contributed by atoms with Crippen molar-refractivity contribution in [2.45, 2.75) is 39.5 Å². The maximum Gasteiger partial charge on any atom is 0.328 e. The molecule has 0 aliphatic carbocycles. The highest BCUT2D eigenvalue weighted by Gasteiger charge is 2.28. The van der Waals surface area contributed by atoms with E-state index in [2.05, 4.69) is 5.10 Å². The number of carbonyl (C=O) groups is 1. The first-order valence-corrected chi connectivity index (χ1v) is 12.3. The van der Waals surface area contributed by atoms with E-state index in [0.29, 0.717) is 27.9 Å². The number of aromatic nitrogens is 2. The Balaban J connectivity index is 2.14. The monoisotopic (exact) mass is 494 g/mol. The van der Waals surface area contributed by atoms with Crippen LogP contribution in [0.3, 0.4) is 0 Å². The lowest BCUT2D eigenvalue weighted by Gasteiger charge is -2.21. The van der Waals surface area contributed by atoms with Crippen LogP contribution in [0.2, 0.25) is 5.02 Å². The highest BCUT2D eigenvalue weighted by atomic mass is 35.5. The van der Waals surface area contributed by atoms with Crippen LogP contribution in [0.4, 0.5) is 11.5 Å². The highest BCUT2D eigenvalue weighted by molar-refractivity contribution is 7.92. The first kappa shape index (κ1) is 24.7. The molecule has 0 unspecified atom stereocenters. The lowest BCUT2D eigenvalue weighted by molar-refractivity contribution is -0.155. The minimum atomic E-state index is -3.79. The average molecular weight is 495 g/mol. The molecule has 2 aromatic carbocycles. The molecular formula is C22H27ClN4O5S. The molecule has 0 amide bonds. The number of benzene rings is 2. The molecule has 2 N–H and O–H groups in total. The van der Waals surface area contributed by atoms with Gasteiger partial charge in [-0.25, -0.2) is 17.4 Å². The molecule has 1 heterocycles. The van der Waals surface area contributed by atoms with E-state index in [1.165, 1.54) is 4.68 Å². The van der Waals surface area contributed by atoms with Gasteiger partial charge in [0.05, 0.1) is 41.5 Å². The second kappa shape index (κ2) is 9.11. The molecular weight excluding hydrogens is 468 g/mol. The van der Waals surface area contributed by atoms with Crippen LogP contribution in [0.5, 0.6) is 5.75 Å². The normalized spacial score (nSPS) is 12.1. The number of halogens is 1. The molecule has 0 bridgehead atoms. The van der Waals surface area contributed by atoms with Gasteiger partial charge in [0.15, 0.2) is 5.82 Å². The summed E-state index contributed by atoms with van der Waals surface area (Å²) < 4.78 is 38.6. The van der Waals surface area contributed by atoms with Crippen molar-refractivity contribution in [3.05, 3.63) is 47.0 Å². The fourth-order valence-electron chi connectivity index (χ4n) is 3.32. The summed E-state index contributed by atoms with van der Waals surface area (Å²) in [6.07, 6.45) is 1.08. The zero-order chi connectivity index (χ0) is 24.6. The number of nitrogens with two attached hydrogens (primary N) is 1. The van der Waals surface area contributed by atoms with Crippen LogP contribution in [0.25, 0.3) is 10.9 Å². The number of hydrogen-bond acceptors (Lipinski definition) is 7. The summed E-state index contributed by atoms with van der Waals surface area (Å²) in [4.78, 5) is 12.5. The van der Waals surface area contributed by atoms with Crippen molar-refractivity contribution < 1.29 is 22.7 Å². The van der Waals surface area contributed by atoms with E-state index in [4.69, 9.17) is 26.8 Å². The van der Waals surface area contributed by atoms with Crippen LogP contribution in [0.1, 0.15) is 26.3 Å². The number of methoxy groups -OCH3 is 1. The molecule has 11 heteroatoms. The van der Waals surface area contributed by atoms with E-state index < -0.39 is 21.6 Å². The number of esters is 1. The fraction of sp³-hybridized carbons (Fsp3) is 0.364. The van der Waals surface area contributed by atoms with Crippen LogP contribution in [0, 0.1) is 0 Å².